The fourth-order valence-electron chi connectivity index (χ4n) is 2.49. The third-order valence-electron chi connectivity index (χ3n) is 3.32. The highest BCUT2D eigenvalue weighted by atomic mass is 16.3. The Kier molecular flexibility index (Phi) is 2.88. The first-order valence-corrected chi connectivity index (χ1v) is 6.35. The first-order valence-electron chi connectivity index (χ1n) is 6.35. The van der Waals surface area contributed by atoms with Crippen molar-refractivity contribution in [3.63, 3.8) is 0 Å². The van der Waals surface area contributed by atoms with Gasteiger partial charge in [0.15, 0.2) is 11.6 Å². The summed E-state index contributed by atoms with van der Waals surface area (Å²) in [4.78, 5) is 25.0. The molecule has 0 heterocycles. The van der Waals surface area contributed by atoms with Gasteiger partial charge >= 0.3 is 0 Å². The highest BCUT2D eigenvalue weighted by Gasteiger charge is 2.31. The standard InChI is InChI=1S/C16H13NO3/c1-9(18)17-13-8-4-7-12-14(13)16(20)11-6-3-2-5-10(11)15(12)19/h2-9,17-18H,1H3. The third kappa shape index (κ3) is 1.82. The molecule has 3 rings (SSSR count). The van der Waals surface area contributed by atoms with Crippen molar-refractivity contribution < 1.29 is 14.7 Å². The smallest absolute Gasteiger partial charge is 0.196 e. The summed E-state index contributed by atoms with van der Waals surface area (Å²) >= 11 is 0. The van der Waals surface area contributed by atoms with Gasteiger partial charge in [0.1, 0.15) is 6.23 Å². The fourth-order valence-corrected chi connectivity index (χ4v) is 2.49. The summed E-state index contributed by atoms with van der Waals surface area (Å²) in [5, 5.41) is 12.2. The average molecular weight is 267 g/mol. The van der Waals surface area contributed by atoms with Crippen molar-refractivity contribution in [2.45, 2.75) is 13.2 Å². The third-order valence-corrected chi connectivity index (χ3v) is 3.32. The number of hydrogen-bond acceptors (Lipinski definition) is 4. The van der Waals surface area contributed by atoms with Crippen LogP contribution in [0.5, 0.6) is 0 Å². The van der Waals surface area contributed by atoms with E-state index < -0.39 is 6.23 Å². The Morgan fingerprint density at radius 3 is 2.15 bits per heavy atom. The second-order valence-corrected chi connectivity index (χ2v) is 4.75. The molecule has 4 nitrogen and oxygen atoms in total. The van der Waals surface area contributed by atoms with Crippen LogP contribution in [-0.4, -0.2) is 22.9 Å². The summed E-state index contributed by atoms with van der Waals surface area (Å²) in [6, 6.07) is 11.8. The lowest BCUT2D eigenvalue weighted by Crippen LogP contribution is -2.24. The maximum Gasteiger partial charge on any atom is 0.196 e. The first kappa shape index (κ1) is 12.6. The highest BCUT2D eigenvalue weighted by molar-refractivity contribution is 6.30. The number of carbonyl (C=O) groups is 2. The van der Waals surface area contributed by atoms with Gasteiger partial charge in [-0.25, -0.2) is 0 Å². The lowest BCUT2D eigenvalue weighted by molar-refractivity contribution is 0.0979. The van der Waals surface area contributed by atoms with Gasteiger partial charge in [0.25, 0.3) is 0 Å². The van der Waals surface area contributed by atoms with Gasteiger partial charge in [-0.05, 0) is 13.0 Å². The highest BCUT2D eigenvalue weighted by Crippen LogP contribution is 2.31. The number of rotatable bonds is 2. The SMILES string of the molecule is CC(O)Nc1cccc2c1C(=O)c1ccccc1C2=O. The minimum absolute atomic E-state index is 0.163. The van der Waals surface area contributed by atoms with Gasteiger partial charge < -0.3 is 10.4 Å². The van der Waals surface area contributed by atoms with E-state index >= 15 is 0 Å². The lowest BCUT2D eigenvalue weighted by atomic mass is 9.83. The van der Waals surface area contributed by atoms with Crippen LogP contribution in [0, 0.1) is 0 Å². The molecular weight excluding hydrogens is 254 g/mol. The van der Waals surface area contributed by atoms with E-state index in [1.54, 1.807) is 49.4 Å². The average Bonchev–Trinajstić information content (AvgIpc) is 2.44. The number of benzene rings is 2. The molecule has 0 bridgehead atoms. The maximum atomic E-state index is 12.6. The Labute approximate surface area is 116 Å². The summed E-state index contributed by atoms with van der Waals surface area (Å²) in [7, 11) is 0. The Bertz CT molecular complexity index is 719. The predicted octanol–water partition coefficient (Wildman–Crippen LogP) is 2.21. The van der Waals surface area contributed by atoms with Gasteiger partial charge in [0, 0.05) is 22.4 Å². The summed E-state index contributed by atoms with van der Waals surface area (Å²) in [5.41, 5.74) is 2.02. The molecule has 0 radical (unpaired) electrons. The molecule has 0 fully saturated rings. The number of carbonyl (C=O) groups excluding carboxylic acids is 2. The van der Waals surface area contributed by atoms with E-state index in [0.29, 0.717) is 27.9 Å². The number of anilines is 1. The van der Waals surface area contributed by atoms with Crippen LogP contribution in [0.25, 0.3) is 0 Å². The molecule has 4 heteroatoms. The van der Waals surface area contributed by atoms with Crippen LogP contribution in [-0.2, 0) is 0 Å². The molecule has 100 valence electrons. The Balaban J connectivity index is 2.23. The topological polar surface area (TPSA) is 66.4 Å². The molecule has 0 saturated carbocycles. The molecule has 1 aliphatic carbocycles. The Morgan fingerprint density at radius 2 is 1.50 bits per heavy atom. The minimum atomic E-state index is -0.804. The number of aliphatic hydroxyl groups is 1. The van der Waals surface area contributed by atoms with E-state index in [2.05, 4.69) is 5.32 Å². The quantitative estimate of drug-likeness (QED) is 0.699. The van der Waals surface area contributed by atoms with Crippen molar-refractivity contribution in [3.05, 3.63) is 64.7 Å². The maximum absolute atomic E-state index is 12.6. The normalized spacial score (nSPS) is 14.5. The molecule has 1 atom stereocenters. The van der Waals surface area contributed by atoms with E-state index in [0.717, 1.165) is 0 Å². The van der Waals surface area contributed by atoms with Gasteiger partial charge in [-0.1, -0.05) is 36.4 Å². The van der Waals surface area contributed by atoms with Crippen molar-refractivity contribution in [2.24, 2.45) is 0 Å². The van der Waals surface area contributed by atoms with Crippen LogP contribution in [0.2, 0.25) is 0 Å². The first-order chi connectivity index (χ1) is 9.59. The second kappa shape index (κ2) is 4.58. The van der Waals surface area contributed by atoms with Gasteiger partial charge in [-0.3, -0.25) is 9.59 Å². The van der Waals surface area contributed by atoms with Crippen molar-refractivity contribution in [1.29, 1.82) is 0 Å². The molecule has 2 N–H and O–H groups in total. The van der Waals surface area contributed by atoms with E-state index in [1.807, 2.05) is 0 Å². The van der Waals surface area contributed by atoms with Gasteiger partial charge in [-0.2, -0.15) is 0 Å². The molecule has 0 aromatic heterocycles. The van der Waals surface area contributed by atoms with Crippen molar-refractivity contribution >= 4 is 17.3 Å². The number of ketones is 2. The Hall–Kier alpha value is -2.46. The fraction of sp³-hybridized carbons (Fsp3) is 0.125. The van der Waals surface area contributed by atoms with Gasteiger partial charge in [0.05, 0.1) is 5.56 Å². The van der Waals surface area contributed by atoms with Crippen LogP contribution in [0.3, 0.4) is 0 Å². The van der Waals surface area contributed by atoms with Gasteiger partial charge in [0.2, 0.25) is 0 Å². The summed E-state index contributed by atoms with van der Waals surface area (Å²) in [6.45, 7) is 1.56. The zero-order valence-corrected chi connectivity index (χ0v) is 10.9. The predicted molar refractivity (Wildman–Crippen MR) is 75.1 cm³/mol. The van der Waals surface area contributed by atoms with Crippen LogP contribution >= 0.6 is 0 Å². The number of fused-ring (bicyclic) bond motifs is 2. The van der Waals surface area contributed by atoms with E-state index in [9.17, 15) is 14.7 Å². The molecule has 0 saturated heterocycles. The molecule has 0 aliphatic heterocycles. The zero-order valence-electron chi connectivity index (χ0n) is 10.9. The molecule has 0 amide bonds. The number of hydrogen-bond donors (Lipinski definition) is 2. The van der Waals surface area contributed by atoms with Crippen molar-refractivity contribution in [2.75, 3.05) is 5.32 Å². The van der Waals surface area contributed by atoms with E-state index in [-0.39, 0.29) is 11.6 Å². The van der Waals surface area contributed by atoms with Crippen molar-refractivity contribution in [3.8, 4) is 0 Å². The molecule has 2 aromatic rings. The Morgan fingerprint density at radius 1 is 0.900 bits per heavy atom. The molecule has 1 unspecified atom stereocenters. The van der Waals surface area contributed by atoms with Crippen LogP contribution in [0.1, 0.15) is 38.8 Å². The van der Waals surface area contributed by atoms with Crippen LogP contribution in [0.4, 0.5) is 5.69 Å². The van der Waals surface area contributed by atoms with Crippen LogP contribution < -0.4 is 5.32 Å². The monoisotopic (exact) mass is 267 g/mol. The van der Waals surface area contributed by atoms with Gasteiger partial charge in [-0.15, -0.1) is 0 Å². The largest absolute Gasteiger partial charge is 0.374 e. The zero-order chi connectivity index (χ0) is 14.3. The molecule has 2 aromatic carbocycles. The number of aliphatic hydroxyl groups excluding tert-OH is 1. The summed E-state index contributed by atoms with van der Waals surface area (Å²) in [6.07, 6.45) is -0.804. The van der Waals surface area contributed by atoms with E-state index in [4.69, 9.17) is 0 Å². The summed E-state index contributed by atoms with van der Waals surface area (Å²) in [5.74, 6) is -0.358. The van der Waals surface area contributed by atoms with Crippen molar-refractivity contribution in [1.82, 2.24) is 0 Å². The molecular formula is C16H13NO3. The molecule has 20 heavy (non-hydrogen) atoms. The molecule has 1 aliphatic rings. The molecule has 0 spiro atoms. The summed E-state index contributed by atoms with van der Waals surface area (Å²) < 4.78 is 0. The van der Waals surface area contributed by atoms with E-state index in [1.165, 1.54) is 0 Å². The van der Waals surface area contributed by atoms with Crippen LogP contribution in [0.15, 0.2) is 42.5 Å². The number of nitrogens with one attached hydrogen (secondary N) is 1. The minimum Gasteiger partial charge on any atom is -0.374 e. The second-order valence-electron chi connectivity index (χ2n) is 4.75. The lowest BCUT2D eigenvalue weighted by Gasteiger charge is -2.21.